The molecule has 0 radical (unpaired) electrons. The van der Waals surface area contributed by atoms with Crippen LogP contribution in [-0.2, 0) is 10.0 Å². The maximum Gasteiger partial charge on any atom is 0.214 e. The average molecular weight is 297 g/mol. The van der Waals surface area contributed by atoms with Gasteiger partial charge in [-0.3, -0.25) is 0 Å². The predicted octanol–water partition coefficient (Wildman–Crippen LogP) is 1.66. The van der Waals surface area contributed by atoms with Crippen molar-refractivity contribution in [1.82, 2.24) is 10.0 Å². The molecule has 1 unspecified atom stereocenters. The maximum absolute atomic E-state index is 12.1. The molecule has 1 aliphatic heterocycles. The van der Waals surface area contributed by atoms with Gasteiger partial charge in [0.25, 0.3) is 0 Å². The fourth-order valence-electron chi connectivity index (χ4n) is 2.83. The second kappa shape index (κ2) is 7.68. The van der Waals surface area contributed by atoms with Gasteiger partial charge in [0.2, 0.25) is 10.0 Å². The lowest BCUT2D eigenvalue weighted by atomic mass is 10.0. The minimum atomic E-state index is -3.06. The molecule has 0 spiro atoms. The number of halogens is 1. The topological polar surface area (TPSA) is 58.2 Å². The van der Waals surface area contributed by atoms with Crippen molar-refractivity contribution >= 4 is 22.4 Å². The van der Waals surface area contributed by atoms with E-state index in [1.807, 2.05) is 0 Å². The van der Waals surface area contributed by atoms with Crippen LogP contribution in [0, 0.1) is 5.92 Å². The molecule has 0 aromatic heterocycles. The normalized spacial score (nSPS) is 26.6. The van der Waals surface area contributed by atoms with Crippen LogP contribution in [0.1, 0.15) is 44.9 Å². The van der Waals surface area contributed by atoms with Crippen LogP contribution in [-0.4, -0.2) is 33.3 Å². The Hall–Kier alpha value is 0.160. The summed E-state index contributed by atoms with van der Waals surface area (Å²) in [6.45, 7) is 2.64. The lowest BCUT2D eigenvalue weighted by Crippen LogP contribution is -2.41. The van der Waals surface area contributed by atoms with Gasteiger partial charge >= 0.3 is 0 Å². The minimum Gasteiger partial charge on any atom is -0.316 e. The highest BCUT2D eigenvalue weighted by molar-refractivity contribution is 7.90. The molecule has 108 valence electrons. The summed E-state index contributed by atoms with van der Waals surface area (Å²) in [6, 6.07) is 0. The molecule has 18 heavy (non-hydrogen) atoms. The Labute approximate surface area is 117 Å². The van der Waals surface area contributed by atoms with Gasteiger partial charge in [-0.05, 0) is 44.7 Å². The van der Waals surface area contributed by atoms with Crippen LogP contribution in [0.3, 0.4) is 0 Å². The highest BCUT2D eigenvalue weighted by Gasteiger charge is 2.27. The van der Waals surface area contributed by atoms with Gasteiger partial charge in [0.1, 0.15) is 0 Å². The molecule has 1 heterocycles. The number of nitrogens with one attached hydrogen (secondary N) is 2. The molecule has 1 aliphatic carbocycles. The summed E-state index contributed by atoms with van der Waals surface area (Å²) in [5.41, 5.74) is 0. The summed E-state index contributed by atoms with van der Waals surface area (Å²) in [5.74, 6) is 0.474. The van der Waals surface area contributed by atoms with Gasteiger partial charge in [0.05, 0.1) is 5.25 Å². The lowest BCUT2D eigenvalue weighted by molar-refractivity contribution is 0.374. The van der Waals surface area contributed by atoms with E-state index >= 15 is 0 Å². The molecule has 0 amide bonds. The molecule has 0 aromatic carbocycles. The summed E-state index contributed by atoms with van der Waals surface area (Å²) in [5, 5.41) is 3.18. The van der Waals surface area contributed by atoms with Gasteiger partial charge in [-0.25, -0.2) is 13.1 Å². The second-order valence-electron chi connectivity index (χ2n) is 5.37. The quantitative estimate of drug-likeness (QED) is 0.829. The molecule has 2 aliphatic rings. The summed E-state index contributed by atoms with van der Waals surface area (Å²) in [6.07, 6.45) is 7.32. The zero-order chi connectivity index (χ0) is 12.1. The van der Waals surface area contributed by atoms with Crippen molar-refractivity contribution in [2.75, 3.05) is 19.6 Å². The van der Waals surface area contributed by atoms with Crippen LogP contribution in [0.25, 0.3) is 0 Å². The molecule has 6 heteroatoms. The van der Waals surface area contributed by atoms with Crippen molar-refractivity contribution in [3.8, 4) is 0 Å². The van der Waals surface area contributed by atoms with Crippen LogP contribution in [0.15, 0.2) is 0 Å². The Bertz CT molecular complexity index is 323. The van der Waals surface area contributed by atoms with Gasteiger partial charge in [-0.1, -0.05) is 19.3 Å². The molecule has 1 saturated carbocycles. The molecule has 4 nitrogen and oxygen atoms in total. The van der Waals surface area contributed by atoms with E-state index in [0.717, 1.165) is 51.6 Å². The SMILES string of the molecule is Cl.O=S(=O)(NCC1CCCNC1)C1CCCCC1. The smallest absolute Gasteiger partial charge is 0.214 e. The van der Waals surface area contributed by atoms with Crippen LogP contribution in [0.5, 0.6) is 0 Å². The predicted molar refractivity (Wildman–Crippen MR) is 76.6 cm³/mol. The molecule has 2 N–H and O–H groups in total. The van der Waals surface area contributed by atoms with Crippen molar-refractivity contribution < 1.29 is 8.42 Å². The molecule has 1 saturated heterocycles. The number of sulfonamides is 1. The first-order valence-electron chi connectivity index (χ1n) is 6.88. The third-order valence-electron chi connectivity index (χ3n) is 3.96. The molecule has 2 rings (SSSR count). The Morgan fingerprint density at radius 2 is 1.78 bits per heavy atom. The van der Waals surface area contributed by atoms with Gasteiger partial charge in [0, 0.05) is 6.54 Å². The molecule has 0 aromatic rings. The summed E-state index contributed by atoms with van der Waals surface area (Å²) in [4.78, 5) is 0. The zero-order valence-electron chi connectivity index (χ0n) is 10.9. The Kier molecular flexibility index (Phi) is 6.92. The van der Waals surface area contributed by atoms with Gasteiger partial charge in [0.15, 0.2) is 0 Å². The van der Waals surface area contributed by atoms with Crippen LogP contribution >= 0.6 is 12.4 Å². The maximum atomic E-state index is 12.1. The standard InChI is InChI=1S/C12H24N2O2S.ClH/c15-17(16,12-6-2-1-3-7-12)14-10-11-5-4-8-13-9-11;/h11-14H,1-10H2;1H. The molecule has 2 fully saturated rings. The number of rotatable bonds is 4. The van der Waals surface area contributed by atoms with Crippen molar-refractivity contribution in [3.05, 3.63) is 0 Å². The van der Waals surface area contributed by atoms with E-state index in [9.17, 15) is 8.42 Å². The van der Waals surface area contributed by atoms with Crippen molar-refractivity contribution in [2.24, 2.45) is 5.92 Å². The van der Waals surface area contributed by atoms with Crippen molar-refractivity contribution in [3.63, 3.8) is 0 Å². The van der Waals surface area contributed by atoms with E-state index in [1.54, 1.807) is 0 Å². The van der Waals surface area contributed by atoms with Crippen LogP contribution in [0.2, 0.25) is 0 Å². The number of hydrogen-bond donors (Lipinski definition) is 2. The summed E-state index contributed by atoms with van der Waals surface area (Å²) < 4.78 is 27.0. The Morgan fingerprint density at radius 1 is 1.06 bits per heavy atom. The first-order chi connectivity index (χ1) is 8.18. The first-order valence-corrected chi connectivity index (χ1v) is 8.42. The molecular formula is C12H25ClN2O2S. The van der Waals surface area contributed by atoms with Crippen LogP contribution in [0.4, 0.5) is 0 Å². The van der Waals surface area contributed by atoms with Gasteiger partial charge in [-0.2, -0.15) is 0 Å². The molecule has 0 bridgehead atoms. The highest BCUT2D eigenvalue weighted by Crippen LogP contribution is 2.23. The first kappa shape index (κ1) is 16.2. The fourth-order valence-corrected chi connectivity index (χ4v) is 4.48. The Balaban J connectivity index is 0.00000162. The van der Waals surface area contributed by atoms with E-state index in [-0.39, 0.29) is 17.7 Å². The number of piperidine rings is 1. The summed E-state index contributed by atoms with van der Waals surface area (Å²) >= 11 is 0. The van der Waals surface area contributed by atoms with Gasteiger partial charge < -0.3 is 5.32 Å². The molecule has 1 atom stereocenters. The van der Waals surface area contributed by atoms with Crippen molar-refractivity contribution in [2.45, 2.75) is 50.2 Å². The third-order valence-corrected chi connectivity index (χ3v) is 5.88. The van der Waals surface area contributed by atoms with E-state index < -0.39 is 10.0 Å². The highest BCUT2D eigenvalue weighted by atomic mass is 35.5. The second-order valence-corrected chi connectivity index (χ2v) is 7.41. The van der Waals surface area contributed by atoms with E-state index in [4.69, 9.17) is 0 Å². The summed E-state index contributed by atoms with van der Waals surface area (Å²) in [7, 11) is -3.06. The minimum absolute atomic E-state index is 0. The molecular weight excluding hydrogens is 272 g/mol. The van der Waals surface area contributed by atoms with E-state index in [0.29, 0.717) is 12.5 Å². The van der Waals surface area contributed by atoms with E-state index in [2.05, 4.69) is 10.0 Å². The van der Waals surface area contributed by atoms with Gasteiger partial charge in [-0.15, -0.1) is 12.4 Å². The zero-order valence-corrected chi connectivity index (χ0v) is 12.5. The van der Waals surface area contributed by atoms with Crippen molar-refractivity contribution in [1.29, 1.82) is 0 Å². The number of hydrogen-bond acceptors (Lipinski definition) is 3. The third kappa shape index (κ3) is 4.68. The fraction of sp³-hybridized carbons (Fsp3) is 1.00. The largest absolute Gasteiger partial charge is 0.316 e. The monoisotopic (exact) mass is 296 g/mol. The average Bonchev–Trinajstić information content (AvgIpc) is 2.39. The Morgan fingerprint density at radius 3 is 2.39 bits per heavy atom. The lowest BCUT2D eigenvalue weighted by Gasteiger charge is -2.26. The van der Waals surface area contributed by atoms with E-state index in [1.165, 1.54) is 6.42 Å². The van der Waals surface area contributed by atoms with Crippen LogP contribution < -0.4 is 10.0 Å².